The van der Waals surface area contributed by atoms with Crippen molar-refractivity contribution >= 4 is 33.1 Å². The molecule has 4 aromatic rings. The molecule has 0 spiro atoms. The highest BCUT2D eigenvalue weighted by Crippen LogP contribution is 2.25. The normalized spacial score (nSPS) is 10.9. The Kier molecular flexibility index (Phi) is 3.59. The summed E-state index contributed by atoms with van der Waals surface area (Å²) in [5, 5.41) is 10.9. The number of aromatic amines is 1. The van der Waals surface area contributed by atoms with E-state index in [-0.39, 0.29) is 5.91 Å². The van der Waals surface area contributed by atoms with Crippen molar-refractivity contribution in [3.63, 3.8) is 0 Å². The third-order valence-corrected chi connectivity index (χ3v) is 4.60. The highest BCUT2D eigenvalue weighted by Gasteiger charge is 2.12. The second-order valence-electron chi connectivity index (χ2n) is 5.40. The summed E-state index contributed by atoms with van der Waals surface area (Å²) in [4.78, 5) is 16.8. The van der Waals surface area contributed by atoms with Crippen molar-refractivity contribution in [1.82, 2.24) is 15.2 Å². The van der Waals surface area contributed by atoms with Gasteiger partial charge in [-0.15, -0.1) is 11.3 Å². The SMILES string of the molecule is Cc1nc2cc(NC(=O)c3cc(-c4ccccc4)n[nH]3)ccc2s1. The first kappa shape index (κ1) is 14.6. The average molecular weight is 334 g/mol. The van der Waals surface area contributed by atoms with Gasteiger partial charge < -0.3 is 5.32 Å². The lowest BCUT2D eigenvalue weighted by Crippen LogP contribution is -2.12. The van der Waals surface area contributed by atoms with E-state index < -0.39 is 0 Å². The van der Waals surface area contributed by atoms with Crippen molar-refractivity contribution in [3.05, 3.63) is 65.3 Å². The minimum absolute atomic E-state index is 0.226. The predicted molar refractivity (Wildman–Crippen MR) is 96.3 cm³/mol. The van der Waals surface area contributed by atoms with Crippen molar-refractivity contribution in [3.8, 4) is 11.3 Å². The first-order chi connectivity index (χ1) is 11.7. The summed E-state index contributed by atoms with van der Waals surface area (Å²) in [7, 11) is 0. The highest BCUT2D eigenvalue weighted by molar-refractivity contribution is 7.18. The van der Waals surface area contributed by atoms with E-state index in [1.54, 1.807) is 17.4 Å². The quantitative estimate of drug-likeness (QED) is 0.588. The molecule has 2 aromatic heterocycles. The summed E-state index contributed by atoms with van der Waals surface area (Å²) in [5.41, 5.74) is 3.74. The van der Waals surface area contributed by atoms with Crippen LogP contribution in [0.15, 0.2) is 54.6 Å². The number of carbonyl (C=O) groups excluding carboxylic acids is 1. The third kappa shape index (κ3) is 2.79. The molecular weight excluding hydrogens is 320 g/mol. The van der Waals surface area contributed by atoms with Crippen LogP contribution >= 0.6 is 11.3 Å². The molecule has 2 N–H and O–H groups in total. The number of anilines is 1. The van der Waals surface area contributed by atoms with Gasteiger partial charge in [0, 0.05) is 11.3 Å². The zero-order valence-electron chi connectivity index (χ0n) is 12.9. The molecular formula is C18H14N4OS. The minimum Gasteiger partial charge on any atom is -0.321 e. The summed E-state index contributed by atoms with van der Waals surface area (Å²) in [6.07, 6.45) is 0. The van der Waals surface area contributed by atoms with Crippen LogP contribution in [0.5, 0.6) is 0 Å². The predicted octanol–water partition coefficient (Wildman–Crippen LogP) is 4.25. The Balaban J connectivity index is 1.56. The van der Waals surface area contributed by atoms with E-state index in [2.05, 4.69) is 20.5 Å². The molecule has 0 aliphatic rings. The lowest BCUT2D eigenvalue weighted by Gasteiger charge is -2.02. The van der Waals surface area contributed by atoms with Crippen molar-refractivity contribution in [2.75, 3.05) is 5.32 Å². The molecule has 0 aliphatic heterocycles. The van der Waals surface area contributed by atoms with Crippen molar-refractivity contribution < 1.29 is 4.79 Å². The van der Waals surface area contributed by atoms with E-state index in [1.165, 1.54) is 0 Å². The van der Waals surface area contributed by atoms with Crippen LogP contribution in [0.3, 0.4) is 0 Å². The molecule has 0 bridgehead atoms. The Morgan fingerprint density at radius 3 is 2.79 bits per heavy atom. The maximum atomic E-state index is 12.4. The van der Waals surface area contributed by atoms with Crippen LogP contribution in [0.2, 0.25) is 0 Å². The van der Waals surface area contributed by atoms with Crippen LogP contribution in [0.25, 0.3) is 21.5 Å². The van der Waals surface area contributed by atoms with Gasteiger partial charge in [-0.2, -0.15) is 5.10 Å². The van der Waals surface area contributed by atoms with E-state index in [4.69, 9.17) is 0 Å². The number of carbonyl (C=O) groups is 1. The van der Waals surface area contributed by atoms with Gasteiger partial charge in [-0.05, 0) is 31.2 Å². The van der Waals surface area contributed by atoms with Gasteiger partial charge in [0.15, 0.2) is 0 Å². The van der Waals surface area contributed by atoms with Gasteiger partial charge in [0.05, 0.1) is 20.9 Å². The van der Waals surface area contributed by atoms with Crippen molar-refractivity contribution in [2.45, 2.75) is 6.92 Å². The molecule has 0 aliphatic carbocycles. The zero-order chi connectivity index (χ0) is 16.5. The number of H-pyrrole nitrogens is 1. The summed E-state index contributed by atoms with van der Waals surface area (Å²) >= 11 is 1.64. The van der Waals surface area contributed by atoms with Crippen molar-refractivity contribution in [1.29, 1.82) is 0 Å². The molecule has 1 amide bonds. The molecule has 5 nitrogen and oxygen atoms in total. The van der Waals surface area contributed by atoms with E-state index >= 15 is 0 Å². The smallest absolute Gasteiger partial charge is 0.273 e. The largest absolute Gasteiger partial charge is 0.321 e. The lowest BCUT2D eigenvalue weighted by atomic mass is 10.1. The van der Waals surface area contributed by atoms with E-state index in [9.17, 15) is 4.79 Å². The number of hydrogen-bond donors (Lipinski definition) is 2. The van der Waals surface area contributed by atoms with Crippen LogP contribution in [-0.4, -0.2) is 21.1 Å². The van der Waals surface area contributed by atoms with E-state index in [0.29, 0.717) is 11.4 Å². The fraction of sp³-hybridized carbons (Fsp3) is 0.0556. The molecule has 0 fully saturated rings. The molecule has 0 unspecified atom stereocenters. The second kappa shape index (κ2) is 5.90. The Bertz CT molecular complexity index is 1020. The number of benzene rings is 2. The number of amides is 1. The van der Waals surface area contributed by atoms with Gasteiger partial charge in [-0.3, -0.25) is 9.89 Å². The monoisotopic (exact) mass is 334 g/mol. The highest BCUT2D eigenvalue weighted by atomic mass is 32.1. The van der Waals surface area contributed by atoms with Crippen molar-refractivity contribution in [2.24, 2.45) is 0 Å². The number of aryl methyl sites for hydroxylation is 1. The summed E-state index contributed by atoms with van der Waals surface area (Å²) in [6, 6.07) is 17.2. The molecule has 24 heavy (non-hydrogen) atoms. The van der Waals surface area contributed by atoms with E-state index in [1.807, 2.05) is 55.5 Å². The Labute approximate surface area is 142 Å². The maximum Gasteiger partial charge on any atom is 0.273 e. The topological polar surface area (TPSA) is 70.7 Å². The Morgan fingerprint density at radius 2 is 1.96 bits per heavy atom. The van der Waals surface area contributed by atoms with Crippen LogP contribution in [0.4, 0.5) is 5.69 Å². The molecule has 2 aromatic carbocycles. The van der Waals surface area contributed by atoms with Crippen LogP contribution in [-0.2, 0) is 0 Å². The van der Waals surface area contributed by atoms with E-state index in [0.717, 1.165) is 26.5 Å². The number of thiazole rings is 1. The van der Waals surface area contributed by atoms with Gasteiger partial charge in [-0.1, -0.05) is 30.3 Å². The summed E-state index contributed by atoms with van der Waals surface area (Å²) in [6.45, 7) is 1.97. The molecule has 0 saturated heterocycles. The fourth-order valence-electron chi connectivity index (χ4n) is 2.51. The number of nitrogens with one attached hydrogen (secondary N) is 2. The van der Waals surface area contributed by atoms with Crippen LogP contribution in [0.1, 0.15) is 15.5 Å². The molecule has 118 valence electrons. The average Bonchev–Trinajstić information content (AvgIpc) is 3.21. The zero-order valence-corrected chi connectivity index (χ0v) is 13.7. The third-order valence-electron chi connectivity index (χ3n) is 3.64. The summed E-state index contributed by atoms with van der Waals surface area (Å²) in [5.74, 6) is -0.226. The van der Waals surface area contributed by atoms with Gasteiger partial charge in [0.1, 0.15) is 5.69 Å². The maximum absolute atomic E-state index is 12.4. The minimum atomic E-state index is -0.226. The number of fused-ring (bicyclic) bond motifs is 1. The lowest BCUT2D eigenvalue weighted by molar-refractivity contribution is 0.102. The summed E-state index contributed by atoms with van der Waals surface area (Å²) < 4.78 is 1.11. The number of rotatable bonds is 3. The molecule has 6 heteroatoms. The van der Waals surface area contributed by atoms with Gasteiger partial charge >= 0.3 is 0 Å². The van der Waals surface area contributed by atoms with Crippen LogP contribution < -0.4 is 5.32 Å². The first-order valence-electron chi connectivity index (χ1n) is 7.48. The fourth-order valence-corrected chi connectivity index (χ4v) is 3.32. The number of aromatic nitrogens is 3. The molecule has 4 rings (SSSR count). The molecule has 0 saturated carbocycles. The molecule has 2 heterocycles. The van der Waals surface area contributed by atoms with Crippen LogP contribution in [0, 0.1) is 6.92 Å². The Hall–Kier alpha value is -2.99. The molecule has 0 atom stereocenters. The second-order valence-corrected chi connectivity index (χ2v) is 6.64. The van der Waals surface area contributed by atoms with Gasteiger partial charge in [0.25, 0.3) is 5.91 Å². The number of hydrogen-bond acceptors (Lipinski definition) is 4. The Morgan fingerprint density at radius 1 is 1.12 bits per heavy atom. The first-order valence-corrected chi connectivity index (χ1v) is 8.30. The standard InChI is InChI=1S/C18H14N4OS/c1-11-19-15-9-13(7-8-17(15)24-11)20-18(23)16-10-14(21-22-16)12-5-3-2-4-6-12/h2-10H,1H3,(H,20,23)(H,21,22). The van der Waals surface area contributed by atoms with Gasteiger partial charge in [0.2, 0.25) is 0 Å². The van der Waals surface area contributed by atoms with Gasteiger partial charge in [-0.25, -0.2) is 4.98 Å². The molecule has 0 radical (unpaired) electrons. The number of nitrogens with zero attached hydrogens (tertiary/aromatic N) is 2.